The van der Waals surface area contributed by atoms with Crippen LogP contribution in [0.2, 0.25) is 0 Å². The van der Waals surface area contributed by atoms with E-state index < -0.39 is 10.0 Å². The van der Waals surface area contributed by atoms with Crippen LogP contribution in [0.5, 0.6) is 0 Å². The van der Waals surface area contributed by atoms with Crippen LogP contribution in [-0.4, -0.2) is 26.2 Å². The Hall–Kier alpha value is -0.910. The van der Waals surface area contributed by atoms with Crippen LogP contribution in [0.1, 0.15) is 45.6 Å². The highest BCUT2D eigenvalue weighted by Gasteiger charge is 2.27. The van der Waals surface area contributed by atoms with Gasteiger partial charge in [0.2, 0.25) is 10.0 Å². The SMILES string of the molecule is CC(C)(C)c1ccc(S(=O)(=O)NCC2CCCC2O)cc1. The van der Waals surface area contributed by atoms with E-state index in [0.717, 1.165) is 24.8 Å². The van der Waals surface area contributed by atoms with Crippen LogP contribution >= 0.6 is 0 Å². The molecule has 1 fully saturated rings. The molecule has 1 aliphatic carbocycles. The minimum atomic E-state index is -3.49. The maximum atomic E-state index is 12.3. The maximum Gasteiger partial charge on any atom is 0.240 e. The van der Waals surface area contributed by atoms with Gasteiger partial charge in [0.25, 0.3) is 0 Å². The van der Waals surface area contributed by atoms with Gasteiger partial charge >= 0.3 is 0 Å². The highest BCUT2D eigenvalue weighted by atomic mass is 32.2. The third-order valence-corrected chi connectivity index (χ3v) is 5.62. The van der Waals surface area contributed by atoms with Crippen LogP contribution in [-0.2, 0) is 15.4 Å². The molecule has 0 heterocycles. The van der Waals surface area contributed by atoms with Crippen molar-refractivity contribution in [2.45, 2.75) is 56.4 Å². The molecule has 1 saturated carbocycles. The predicted octanol–water partition coefficient (Wildman–Crippen LogP) is 2.42. The fraction of sp³-hybridized carbons (Fsp3) is 0.625. The van der Waals surface area contributed by atoms with E-state index in [2.05, 4.69) is 25.5 Å². The smallest absolute Gasteiger partial charge is 0.240 e. The summed E-state index contributed by atoms with van der Waals surface area (Å²) < 4.78 is 27.1. The van der Waals surface area contributed by atoms with Gasteiger partial charge in [0, 0.05) is 6.54 Å². The first-order valence-electron chi connectivity index (χ1n) is 7.48. The molecule has 1 aliphatic rings. The molecule has 118 valence electrons. The van der Waals surface area contributed by atoms with Crippen LogP contribution in [0, 0.1) is 5.92 Å². The highest BCUT2D eigenvalue weighted by Crippen LogP contribution is 2.26. The summed E-state index contributed by atoms with van der Waals surface area (Å²) in [6, 6.07) is 7.01. The second kappa shape index (κ2) is 6.07. The third-order valence-electron chi connectivity index (χ3n) is 4.19. The van der Waals surface area contributed by atoms with Gasteiger partial charge in [0.15, 0.2) is 0 Å². The van der Waals surface area contributed by atoms with Gasteiger partial charge in [0.05, 0.1) is 11.0 Å². The fourth-order valence-electron chi connectivity index (χ4n) is 2.69. The van der Waals surface area contributed by atoms with Crippen molar-refractivity contribution < 1.29 is 13.5 Å². The minimum absolute atomic E-state index is 0.00365. The molecule has 0 aliphatic heterocycles. The molecule has 4 nitrogen and oxygen atoms in total. The second-order valence-electron chi connectivity index (χ2n) is 6.88. The molecule has 21 heavy (non-hydrogen) atoms. The molecule has 0 saturated heterocycles. The molecule has 0 aromatic heterocycles. The summed E-state index contributed by atoms with van der Waals surface area (Å²) in [7, 11) is -3.49. The highest BCUT2D eigenvalue weighted by molar-refractivity contribution is 7.89. The molecular formula is C16H25NO3S. The van der Waals surface area contributed by atoms with Crippen LogP contribution in [0.4, 0.5) is 0 Å². The average molecular weight is 311 g/mol. The quantitative estimate of drug-likeness (QED) is 0.897. The van der Waals surface area contributed by atoms with Gasteiger partial charge in [-0.05, 0) is 41.9 Å². The van der Waals surface area contributed by atoms with Crippen molar-refractivity contribution in [3.05, 3.63) is 29.8 Å². The monoisotopic (exact) mass is 311 g/mol. The van der Waals surface area contributed by atoms with E-state index in [0.29, 0.717) is 6.54 Å². The first-order chi connectivity index (χ1) is 9.70. The van der Waals surface area contributed by atoms with E-state index in [1.165, 1.54) is 0 Å². The van der Waals surface area contributed by atoms with Gasteiger partial charge in [-0.1, -0.05) is 39.3 Å². The van der Waals surface area contributed by atoms with E-state index in [-0.39, 0.29) is 22.3 Å². The molecule has 0 bridgehead atoms. The maximum absolute atomic E-state index is 12.3. The Morgan fingerprint density at radius 1 is 1.19 bits per heavy atom. The predicted molar refractivity (Wildman–Crippen MR) is 83.7 cm³/mol. The summed E-state index contributed by atoms with van der Waals surface area (Å²) in [6.45, 7) is 6.59. The van der Waals surface area contributed by atoms with E-state index >= 15 is 0 Å². The van der Waals surface area contributed by atoms with Gasteiger partial charge < -0.3 is 5.11 Å². The molecule has 0 radical (unpaired) electrons. The topological polar surface area (TPSA) is 66.4 Å². The summed E-state index contributed by atoms with van der Waals surface area (Å²) >= 11 is 0. The van der Waals surface area contributed by atoms with Gasteiger partial charge in [-0.2, -0.15) is 0 Å². The number of rotatable bonds is 4. The lowest BCUT2D eigenvalue weighted by Crippen LogP contribution is -2.32. The van der Waals surface area contributed by atoms with E-state index in [9.17, 15) is 13.5 Å². The number of hydrogen-bond donors (Lipinski definition) is 2. The summed E-state index contributed by atoms with van der Waals surface area (Å²) in [6.07, 6.45) is 2.24. The first kappa shape index (κ1) is 16.5. The summed E-state index contributed by atoms with van der Waals surface area (Å²) in [5.41, 5.74) is 1.11. The molecule has 0 spiro atoms. The van der Waals surface area contributed by atoms with Gasteiger partial charge in [0.1, 0.15) is 0 Å². The van der Waals surface area contributed by atoms with Crippen molar-refractivity contribution in [3.63, 3.8) is 0 Å². The Balaban J connectivity index is 2.05. The number of nitrogens with one attached hydrogen (secondary N) is 1. The number of benzene rings is 1. The molecule has 2 rings (SSSR count). The zero-order valence-corrected chi connectivity index (χ0v) is 13.8. The lowest BCUT2D eigenvalue weighted by Gasteiger charge is -2.19. The van der Waals surface area contributed by atoms with Gasteiger partial charge in [-0.3, -0.25) is 0 Å². The molecule has 2 atom stereocenters. The van der Waals surface area contributed by atoms with Gasteiger partial charge in [-0.15, -0.1) is 0 Å². The molecule has 2 unspecified atom stereocenters. The van der Waals surface area contributed by atoms with Crippen molar-refractivity contribution in [2.75, 3.05) is 6.54 Å². The molecule has 1 aromatic rings. The van der Waals surface area contributed by atoms with E-state index in [1.54, 1.807) is 12.1 Å². The first-order valence-corrected chi connectivity index (χ1v) is 8.97. The lowest BCUT2D eigenvalue weighted by atomic mass is 9.87. The van der Waals surface area contributed by atoms with Crippen LogP contribution in [0.15, 0.2) is 29.2 Å². The summed E-state index contributed by atoms with van der Waals surface area (Å²) in [4.78, 5) is 0.281. The zero-order valence-electron chi connectivity index (χ0n) is 13.0. The number of hydrogen-bond acceptors (Lipinski definition) is 3. The lowest BCUT2D eigenvalue weighted by molar-refractivity contribution is 0.134. The Kier molecular flexibility index (Phi) is 4.76. The third kappa shape index (κ3) is 4.05. The minimum Gasteiger partial charge on any atom is -0.393 e. The van der Waals surface area contributed by atoms with Crippen LogP contribution < -0.4 is 4.72 Å². The Labute approximate surface area is 127 Å². The second-order valence-corrected chi connectivity index (χ2v) is 8.65. The van der Waals surface area contributed by atoms with Crippen molar-refractivity contribution in [1.82, 2.24) is 4.72 Å². The van der Waals surface area contributed by atoms with E-state index in [4.69, 9.17) is 0 Å². The van der Waals surface area contributed by atoms with E-state index in [1.807, 2.05) is 12.1 Å². The Morgan fingerprint density at radius 3 is 2.29 bits per heavy atom. The molecule has 1 aromatic carbocycles. The average Bonchev–Trinajstić information content (AvgIpc) is 2.81. The fourth-order valence-corrected chi connectivity index (χ4v) is 3.78. The number of sulfonamides is 1. The van der Waals surface area contributed by atoms with Crippen molar-refractivity contribution in [2.24, 2.45) is 5.92 Å². The normalized spacial score (nSPS) is 23.4. The molecular weight excluding hydrogens is 286 g/mol. The number of aliphatic hydroxyl groups is 1. The van der Waals surface area contributed by atoms with Gasteiger partial charge in [-0.25, -0.2) is 13.1 Å². The van der Waals surface area contributed by atoms with Crippen LogP contribution in [0.25, 0.3) is 0 Å². The molecule has 0 amide bonds. The number of aliphatic hydroxyl groups excluding tert-OH is 1. The zero-order chi connectivity index (χ0) is 15.7. The standard InChI is InChI=1S/C16H25NO3S/c1-16(2,3)13-7-9-14(10-8-13)21(19,20)17-11-12-5-4-6-15(12)18/h7-10,12,15,17-18H,4-6,11H2,1-3H3. The Morgan fingerprint density at radius 2 is 1.81 bits per heavy atom. The van der Waals surface area contributed by atoms with Crippen molar-refractivity contribution >= 4 is 10.0 Å². The van der Waals surface area contributed by atoms with Crippen molar-refractivity contribution in [1.29, 1.82) is 0 Å². The van der Waals surface area contributed by atoms with Crippen LogP contribution in [0.3, 0.4) is 0 Å². The Bertz CT molecular complexity index is 573. The van der Waals surface area contributed by atoms with Crippen molar-refractivity contribution in [3.8, 4) is 0 Å². The molecule has 5 heteroatoms. The molecule has 2 N–H and O–H groups in total. The largest absolute Gasteiger partial charge is 0.393 e. The summed E-state index contributed by atoms with van der Waals surface area (Å²) in [5, 5.41) is 9.75. The summed E-state index contributed by atoms with van der Waals surface area (Å²) in [5.74, 6) is 0.0358.